The normalized spacial score (nSPS) is 15.1. The third-order valence-electron chi connectivity index (χ3n) is 4.97. The van der Waals surface area contributed by atoms with Crippen LogP contribution in [0, 0.1) is 0 Å². The average molecular weight is 400 g/mol. The van der Waals surface area contributed by atoms with Crippen molar-refractivity contribution in [3.05, 3.63) is 84.3 Å². The molecule has 4 aromatic rings. The summed E-state index contributed by atoms with van der Waals surface area (Å²) in [7, 11) is 0. The number of para-hydroxylation sites is 2. The minimum Gasteiger partial charge on any atom is -0.486 e. The molecule has 1 N–H and O–H groups in total. The van der Waals surface area contributed by atoms with E-state index in [2.05, 4.69) is 15.4 Å². The van der Waals surface area contributed by atoms with E-state index < -0.39 is 0 Å². The van der Waals surface area contributed by atoms with Gasteiger partial charge < -0.3 is 14.8 Å². The molecule has 1 unspecified atom stereocenters. The van der Waals surface area contributed by atoms with Gasteiger partial charge in [-0.2, -0.15) is 5.10 Å². The van der Waals surface area contributed by atoms with Crippen LogP contribution in [-0.2, 0) is 13.1 Å². The maximum Gasteiger partial charge on any atom is 0.251 e. The number of amides is 1. The Balaban J connectivity index is 1.27. The van der Waals surface area contributed by atoms with Crippen molar-refractivity contribution in [1.29, 1.82) is 0 Å². The minimum atomic E-state index is -0.127. The van der Waals surface area contributed by atoms with Crippen molar-refractivity contribution in [2.45, 2.75) is 19.2 Å². The highest BCUT2D eigenvalue weighted by Crippen LogP contribution is 2.31. The van der Waals surface area contributed by atoms with Crippen molar-refractivity contribution in [3.63, 3.8) is 0 Å². The van der Waals surface area contributed by atoms with E-state index in [-0.39, 0.29) is 12.0 Å². The summed E-state index contributed by atoms with van der Waals surface area (Å²) in [6, 6.07) is 16.9. The van der Waals surface area contributed by atoms with Crippen LogP contribution in [-0.4, -0.2) is 33.4 Å². The quantitative estimate of drug-likeness (QED) is 0.557. The summed E-state index contributed by atoms with van der Waals surface area (Å²) >= 11 is 0. The van der Waals surface area contributed by atoms with Crippen LogP contribution in [0.2, 0.25) is 0 Å². The Morgan fingerprint density at radius 3 is 2.80 bits per heavy atom. The maximum atomic E-state index is 12.5. The summed E-state index contributed by atoms with van der Waals surface area (Å²) in [6.07, 6.45) is 5.22. The zero-order valence-electron chi connectivity index (χ0n) is 16.2. The number of hydrogen-bond donors (Lipinski definition) is 1. The largest absolute Gasteiger partial charge is 0.486 e. The Morgan fingerprint density at radius 2 is 1.93 bits per heavy atom. The zero-order chi connectivity index (χ0) is 20.3. The molecule has 5 rings (SSSR count). The number of nitrogens with one attached hydrogen (secondary N) is 1. The number of carbonyl (C=O) groups excluding carboxylic acids is 1. The highest BCUT2D eigenvalue weighted by atomic mass is 16.6. The first-order valence-electron chi connectivity index (χ1n) is 9.77. The van der Waals surface area contributed by atoms with E-state index in [9.17, 15) is 4.79 Å². The second kappa shape index (κ2) is 7.87. The van der Waals surface area contributed by atoms with E-state index in [0.29, 0.717) is 25.3 Å². The summed E-state index contributed by atoms with van der Waals surface area (Å²) in [5.74, 6) is 1.39. The molecule has 1 amide bonds. The van der Waals surface area contributed by atoms with Crippen molar-refractivity contribution in [1.82, 2.24) is 20.1 Å². The standard InChI is InChI=1S/C23H20N4O3/c28-23(25-12-16-7-9-24-10-8-16)17-5-6-20-18(11-17)13-27(26-20)14-19-15-29-21-3-1-2-4-22(21)30-19/h1-11,13,19H,12,14-15H2,(H,25,28). The van der Waals surface area contributed by atoms with Gasteiger partial charge in [0.15, 0.2) is 17.6 Å². The fourth-order valence-corrected chi connectivity index (χ4v) is 3.46. The topological polar surface area (TPSA) is 78.3 Å². The molecule has 0 bridgehead atoms. The second-order valence-corrected chi connectivity index (χ2v) is 7.16. The molecule has 1 atom stereocenters. The number of hydrogen-bond acceptors (Lipinski definition) is 5. The molecular formula is C23H20N4O3. The molecule has 0 saturated carbocycles. The van der Waals surface area contributed by atoms with E-state index in [1.807, 2.05) is 59.4 Å². The molecule has 150 valence electrons. The first kappa shape index (κ1) is 18.2. The third-order valence-corrected chi connectivity index (χ3v) is 4.97. The number of aromatic nitrogens is 3. The summed E-state index contributed by atoms with van der Waals surface area (Å²) in [5, 5.41) is 8.44. The van der Waals surface area contributed by atoms with Crippen molar-refractivity contribution in [2.75, 3.05) is 6.61 Å². The molecule has 0 fully saturated rings. The molecule has 7 nitrogen and oxygen atoms in total. The number of carbonyl (C=O) groups is 1. The van der Waals surface area contributed by atoms with Gasteiger partial charge in [0.25, 0.3) is 5.91 Å². The first-order chi connectivity index (χ1) is 14.7. The molecule has 0 aliphatic carbocycles. The molecule has 0 spiro atoms. The highest BCUT2D eigenvalue weighted by molar-refractivity contribution is 5.97. The van der Waals surface area contributed by atoms with Crippen molar-refractivity contribution >= 4 is 16.8 Å². The van der Waals surface area contributed by atoms with Gasteiger partial charge in [-0.3, -0.25) is 14.5 Å². The van der Waals surface area contributed by atoms with Gasteiger partial charge in [-0.1, -0.05) is 12.1 Å². The van der Waals surface area contributed by atoms with Crippen molar-refractivity contribution in [3.8, 4) is 11.5 Å². The number of benzene rings is 2. The van der Waals surface area contributed by atoms with Crippen molar-refractivity contribution in [2.24, 2.45) is 0 Å². The van der Waals surface area contributed by atoms with Gasteiger partial charge >= 0.3 is 0 Å². The maximum absolute atomic E-state index is 12.5. The Kier molecular flexibility index (Phi) is 4.77. The number of fused-ring (bicyclic) bond motifs is 2. The van der Waals surface area contributed by atoms with Crippen LogP contribution in [0.15, 0.2) is 73.2 Å². The zero-order valence-corrected chi connectivity index (χ0v) is 16.2. The van der Waals surface area contributed by atoms with Crippen LogP contribution >= 0.6 is 0 Å². The predicted octanol–water partition coefficient (Wildman–Crippen LogP) is 3.20. The lowest BCUT2D eigenvalue weighted by Crippen LogP contribution is -2.33. The van der Waals surface area contributed by atoms with E-state index >= 15 is 0 Å². The molecule has 7 heteroatoms. The SMILES string of the molecule is O=C(NCc1ccncc1)c1ccc2nn(CC3COc4ccccc4O3)cc2c1. The van der Waals surface area contributed by atoms with Gasteiger partial charge in [0, 0.05) is 36.1 Å². The molecule has 3 heterocycles. The molecule has 0 saturated heterocycles. The lowest BCUT2D eigenvalue weighted by atomic mass is 10.1. The summed E-state index contributed by atoms with van der Waals surface area (Å²) < 4.78 is 13.6. The number of nitrogens with zero attached hydrogens (tertiary/aromatic N) is 3. The average Bonchev–Trinajstić information content (AvgIpc) is 3.19. The fraction of sp³-hybridized carbons (Fsp3) is 0.174. The number of pyridine rings is 1. The van der Waals surface area contributed by atoms with Crippen LogP contribution in [0.25, 0.3) is 10.9 Å². The molecule has 30 heavy (non-hydrogen) atoms. The van der Waals surface area contributed by atoms with Crippen LogP contribution in [0.1, 0.15) is 15.9 Å². The van der Waals surface area contributed by atoms with Gasteiger partial charge in [-0.15, -0.1) is 0 Å². The smallest absolute Gasteiger partial charge is 0.251 e. The fourth-order valence-electron chi connectivity index (χ4n) is 3.46. The van der Waals surface area contributed by atoms with Crippen LogP contribution in [0.4, 0.5) is 0 Å². The number of ether oxygens (including phenoxy) is 2. The Morgan fingerprint density at radius 1 is 1.10 bits per heavy atom. The third kappa shape index (κ3) is 3.82. The molecule has 2 aromatic carbocycles. The molecule has 2 aromatic heterocycles. The van der Waals surface area contributed by atoms with Gasteiger partial charge in [0.05, 0.1) is 12.1 Å². The van der Waals surface area contributed by atoms with E-state index in [1.54, 1.807) is 18.5 Å². The second-order valence-electron chi connectivity index (χ2n) is 7.16. The predicted molar refractivity (Wildman–Crippen MR) is 111 cm³/mol. The summed E-state index contributed by atoms with van der Waals surface area (Å²) in [6.45, 7) is 1.49. The van der Waals surface area contributed by atoms with Crippen LogP contribution in [0.5, 0.6) is 11.5 Å². The lowest BCUT2D eigenvalue weighted by Gasteiger charge is -2.26. The van der Waals surface area contributed by atoms with E-state index in [1.165, 1.54) is 0 Å². The highest BCUT2D eigenvalue weighted by Gasteiger charge is 2.21. The monoisotopic (exact) mass is 400 g/mol. The molecular weight excluding hydrogens is 380 g/mol. The van der Waals surface area contributed by atoms with Crippen LogP contribution < -0.4 is 14.8 Å². The first-order valence-corrected chi connectivity index (χ1v) is 9.77. The van der Waals surface area contributed by atoms with Gasteiger partial charge in [0.2, 0.25) is 0 Å². The Hall–Kier alpha value is -3.87. The number of rotatable bonds is 5. The van der Waals surface area contributed by atoms with Gasteiger partial charge in [-0.05, 0) is 48.0 Å². The van der Waals surface area contributed by atoms with Crippen molar-refractivity contribution < 1.29 is 14.3 Å². The minimum absolute atomic E-state index is 0.123. The Labute approximate surface area is 173 Å². The van der Waals surface area contributed by atoms with Crippen LogP contribution in [0.3, 0.4) is 0 Å². The van der Waals surface area contributed by atoms with Gasteiger partial charge in [0.1, 0.15) is 6.61 Å². The van der Waals surface area contributed by atoms with Gasteiger partial charge in [-0.25, -0.2) is 0 Å². The molecule has 0 radical (unpaired) electrons. The lowest BCUT2D eigenvalue weighted by molar-refractivity contribution is 0.0760. The van der Waals surface area contributed by atoms with E-state index in [4.69, 9.17) is 9.47 Å². The van der Waals surface area contributed by atoms with E-state index in [0.717, 1.165) is 28.0 Å². The molecule has 1 aliphatic heterocycles. The summed E-state index contributed by atoms with van der Waals surface area (Å²) in [5.41, 5.74) is 2.43. The summed E-state index contributed by atoms with van der Waals surface area (Å²) in [4.78, 5) is 16.5. The Bertz CT molecular complexity index is 1190. The molecule has 1 aliphatic rings.